The number of hydrogen-bond donors (Lipinski definition) is 1. The molecule has 5 fully saturated rings. The second-order valence-electron chi connectivity index (χ2n) is 12.3. The van der Waals surface area contributed by atoms with Crippen molar-refractivity contribution in [1.29, 1.82) is 0 Å². The molecule has 0 aromatic rings. The van der Waals surface area contributed by atoms with E-state index in [4.69, 9.17) is 14.2 Å². The van der Waals surface area contributed by atoms with Gasteiger partial charge in [-0.3, -0.25) is 0 Å². The third-order valence-corrected chi connectivity index (χ3v) is 10.3. The van der Waals surface area contributed by atoms with Gasteiger partial charge in [-0.25, -0.2) is 9.59 Å². The molecule has 2 unspecified atom stereocenters. The Labute approximate surface area is 210 Å². The highest BCUT2D eigenvalue weighted by molar-refractivity contribution is 5.82. The van der Waals surface area contributed by atoms with Crippen molar-refractivity contribution >= 4 is 11.9 Å². The first-order chi connectivity index (χ1) is 16.9. The van der Waals surface area contributed by atoms with Gasteiger partial charge in [0.1, 0.15) is 30.0 Å². The summed E-state index contributed by atoms with van der Waals surface area (Å²) in [6, 6.07) is 0. The lowest BCUT2D eigenvalue weighted by molar-refractivity contribution is -0.270. The van der Waals surface area contributed by atoms with E-state index in [2.05, 4.69) is 19.9 Å². The molecule has 0 aromatic heterocycles. The van der Waals surface area contributed by atoms with Gasteiger partial charge in [0.25, 0.3) is 0 Å². The minimum absolute atomic E-state index is 0.160. The topological polar surface area (TPSA) is 82.1 Å². The van der Waals surface area contributed by atoms with Crippen molar-refractivity contribution in [3.63, 3.8) is 0 Å². The third kappa shape index (κ3) is 4.58. The molecule has 2 heterocycles. The van der Waals surface area contributed by atoms with E-state index in [9.17, 15) is 14.7 Å². The number of ether oxygens (including phenoxy) is 3. The molecular formula is C29H44O6. The van der Waals surface area contributed by atoms with Crippen molar-refractivity contribution in [3.05, 3.63) is 12.2 Å². The monoisotopic (exact) mass is 488 g/mol. The molecule has 3 saturated carbocycles. The standard InChI is InChI=1S/C29H44O6/c1-19-13-15-22-26(19)27(34-24(31)16-14-20-9-5-3-6-10-20)29(21-11-7-4-8-12-21)17-23(28(22,2)35-29)33-25(32)18-30/h14,16,19-23,26-27,30H,3-13,15,17-18H2,1-2H3/b16-14+/t19?,22-,23-,26?,27+,28+,29-/m1/s1. The molecule has 35 heavy (non-hydrogen) atoms. The van der Waals surface area contributed by atoms with Gasteiger partial charge in [0.2, 0.25) is 0 Å². The van der Waals surface area contributed by atoms with Crippen LogP contribution in [0.5, 0.6) is 0 Å². The van der Waals surface area contributed by atoms with Crippen LogP contribution < -0.4 is 0 Å². The summed E-state index contributed by atoms with van der Waals surface area (Å²) in [5, 5.41) is 9.41. The van der Waals surface area contributed by atoms with Crippen molar-refractivity contribution < 1.29 is 28.9 Å². The number of carbonyl (C=O) groups is 2. The highest BCUT2D eigenvalue weighted by Gasteiger charge is 2.73. The van der Waals surface area contributed by atoms with Gasteiger partial charge in [-0.1, -0.05) is 51.5 Å². The quantitative estimate of drug-likeness (QED) is 0.413. The number of aliphatic hydroxyl groups is 1. The minimum Gasteiger partial charge on any atom is -0.457 e. The van der Waals surface area contributed by atoms with Gasteiger partial charge in [0.15, 0.2) is 0 Å². The Balaban J connectivity index is 1.46. The van der Waals surface area contributed by atoms with Gasteiger partial charge in [-0.2, -0.15) is 0 Å². The molecule has 196 valence electrons. The van der Waals surface area contributed by atoms with E-state index in [1.165, 1.54) is 25.7 Å². The minimum atomic E-state index is -0.635. The molecule has 2 aliphatic heterocycles. The largest absolute Gasteiger partial charge is 0.457 e. The predicted octanol–water partition coefficient (Wildman–Crippen LogP) is 5.11. The maximum atomic E-state index is 13.3. The zero-order valence-electron chi connectivity index (χ0n) is 21.6. The molecule has 5 rings (SSSR count). The lowest BCUT2D eigenvalue weighted by Crippen LogP contribution is -2.63. The maximum Gasteiger partial charge on any atom is 0.332 e. The fourth-order valence-corrected chi connectivity index (χ4v) is 8.54. The number of allylic oxidation sites excluding steroid dienone is 1. The summed E-state index contributed by atoms with van der Waals surface area (Å²) in [5.41, 5.74) is -1.25. The highest BCUT2D eigenvalue weighted by atomic mass is 16.6. The van der Waals surface area contributed by atoms with Crippen molar-refractivity contribution in [3.8, 4) is 0 Å². The fraction of sp³-hybridized carbons (Fsp3) is 0.862. The summed E-state index contributed by atoms with van der Waals surface area (Å²) in [4.78, 5) is 25.5. The first-order valence-corrected chi connectivity index (χ1v) is 14.3. The fourth-order valence-electron chi connectivity index (χ4n) is 8.54. The third-order valence-electron chi connectivity index (χ3n) is 10.3. The normalized spacial score (nSPS) is 42.2. The zero-order chi connectivity index (χ0) is 24.6. The van der Waals surface area contributed by atoms with E-state index in [1.54, 1.807) is 6.08 Å². The van der Waals surface area contributed by atoms with Crippen molar-refractivity contribution in [2.45, 2.75) is 121 Å². The predicted molar refractivity (Wildman–Crippen MR) is 131 cm³/mol. The van der Waals surface area contributed by atoms with Gasteiger partial charge in [0, 0.05) is 18.4 Å². The van der Waals surface area contributed by atoms with Crippen LogP contribution in [0.15, 0.2) is 12.2 Å². The summed E-state index contributed by atoms with van der Waals surface area (Å²) in [6.07, 6.45) is 17.3. The van der Waals surface area contributed by atoms with Crippen LogP contribution in [0.2, 0.25) is 0 Å². The van der Waals surface area contributed by atoms with E-state index in [-0.39, 0.29) is 29.8 Å². The van der Waals surface area contributed by atoms with Gasteiger partial charge < -0.3 is 19.3 Å². The van der Waals surface area contributed by atoms with Crippen LogP contribution in [-0.4, -0.2) is 47.1 Å². The molecule has 0 aromatic carbocycles. The van der Waals surface area contributed by atoms with Gasteiger partial charge >= 0.3 is 11.9 Å². The summed E-state index contributed by atoms with van der Waals surface area (Å²) in [5.74, 6) is 0.672. The van der Waals surface area contributed by atoms with E-state index < -0.39 is 29.9 Å². The lowest BCUT2D eigenvalue weighted by atomic mass is 9.66. The molecule has 7 atom stereocenters. The Morgan fingerprint density at radius 1 is 0.971 bits per heavy atom. The molecule has 0 spiro atoms. The SMILES string of the molecule is CC1CC[C@@H]2C1[C@H](OC(=O)/C=C/C1CCCCC1)[C@]1(C3CCCCC3)C[C@@H](OC(=O)CO)[C@@]2(C)O1. The molecular weight excluding hydrogens is 444 g/mol. The Bertz CT molecular complexity index is 812. The van der Waals surface area contributed by atoms with E-state index in [0.717, 1.165) is 51.4 Å². The molecule has 0 radical (unpaired) electrons. The number of hydrogen-bond acceptors (Lipinski definition) is 6. The second-order valence-corrected chi connectivity index (χ2v) is 12.3. The van der Waals surface area contributed by atoms with E-state index in [1.807, 2.05) is 0 Å². The number of esters is 2. The molecule has 6 heteroatoms. The lowest BCUT2D eigenvalue weighted by Gasteiger charge is -2.54. The number of aliphatic hydroxyl groups excluding tert-OH is 1. The van der Waals surface area contributed by atoms with E-state index >= 15 is 0 Å². The van der Waals surface area contributed by atoms with Gasteiger partial charge in [0.05, 0.1) is 0 Å². The molecule has 6 nitrogen and oxygen atoms in total. The Morgan fingerprint density at radius 2 is 1.66 bits per heavy atom. The number of fused-ring (bicyclic) bond motifs is 4. The Morgan fingerprint density at radius 3 is 2.34 bits per heavy atom. The summed E-state index contributed by atoms with van der Waals surface area (Å²) in [7, 11) is 0. The average Bonchev–Trinajstić information content (AvgIpc) is 3.39. The molecule has 0 amide bonds. The number of carbonyl (C=O) groups excluding carboxylic acids is 2. The van der Waals surface area contributed by atoms with Crippen LogP contribution in [0.1, 0.15) is 97.3 Å². The van der Waals surface area contributed by atoms with Crippen LogP contribution in [0.25, 0.3) is 0 Å². The first-order valence-electron chi connectivity index (χ1n) is 14.3. The van der Waals surface area contributed by atoms with E-state index in [0.29, 0.717) is 18.3 Å². The second kappa shape index (κ2) is 10.2. The molecule has 5 aliphatic rings. The summed E-state index contributed by atoms with van der Waals surface area (Å²) >= 11 is 0. The van der Waals surface area contributed by atoms with Crippen molar-refractivity contribution in [2.24, 2.45) is 29.6 Å². The van der Waals surface area contributed by atoms with Crippen LogP contribution in [0.4, 0.5) is 0 Å². The van der Waals surface area contributed by atoms with Gasteiger partial charge in [-0.05, 0) is 69.1 Å². The van der Waals surface area contributed by atoms with Crippen molar-refractivity contribution in [1.82, 2.24) is 0 Å². The number of rotatable bonds is 6. The van der Waals surface area contributed by atoms with Crippen molar-refractivity contribution in [2.75, 3.05) is 6.61 Å². The molecule has 2 bridgehead atoms. The molecule has 3 aliphatic carbocycles. The van der Waals surface area contributed by atoms with Crippen LogP contribution in [0, 0.1) is 29.6 Å². The van der Waals surface area contributed by atoms with Gasteiger partial charge in [-0.15, -0.1) is 0 Å². The zero-order valence-corrected chi connectivity index (χ0v) is 21.6. The molecule has 2 saturated heterocycles. The maximum absolute atomic E-state index is 13.3. The van der Waals surface area contributed by atoms with Crippen LogP contribution >= 0.6 is 0 Å². The average molecular weight is 489 g/mol. The summed E-state index contributed by atoms with van der Waals surface area (Å²) in [6.45, 7) is 3.75. The highest BCUT2D eigenvalue weighted by Crippen LogP contribution is 2.64. The Kier molecular flexibility index (Phi) is 7.33. The first kappa shape index (κ1) is 25.3. The Hall–Kier alpha value is -1.40. The van der Waals surface area contributed by atoms with Crippen LogP contribution in [-0.2, 0) is 23.8 Å². The molecule has 1 N–H and O–H groups in total. The smallest absolute Gasteiger partial charge is 0.332 e. The summed E-state index contributed by atoms with van der Waals surface area (Å²) < 4.78 is 19.4. The van der Waals surface area contributed by atoms with Crippen LogP contribution in [0.3, 0.4) is 0 Å².